The minimum Gasteiger partial charge on any atom is -0.508 e. The Morgan fingerprint density at radius 1 is 1.24 bits per heavy atom. The van der Waals surface area contributed by atoms with Crippen LogP contribution in [0.4, 0.5) is 4.79 Å². The summed E-state index contributed by atoms with van der Waals surface area (Å²) < 4.78 is 5.46. The van der Waals surface area contributed by atoms with Crippen LogP contribution in [0, 0.1) is 13.8 Å². The van der Waals surface area contributed by atoms with Crippen molar-refractivity contribution in [2.24, 2.45) is 0 Å². The second kappa shape index (κ2) is 7.65. The number of piperidine rings is 1. The number of benzene rings is 1. The SMILES string of the molecule is Cc1cc(O)c(CN2CCC(N(C)C(=O)OC(C)(C)C)CC2)cc1C. The first-order valence-electron chi connectivity index (χ1n) is 9.04. The van der Waals surface area contributed by atoms with Gasteiger partial charge >= 0.3 is 6.09 Å². The highest BCUT2D eigenvalue weighted by Crippen LogP contribution is 2.25. The number of phenolic OH excluding ortho intramolecular Hbond substituents is 1. The molecule has 0 aliphatic carbocycles. The van der Waals surface area contributed by atoms with Crippen molar-refractivity contribution in [3.8, 4) is 5.75 Å². The van der Waals surface area contributed by atoms with Gasteiger partial charge in [0.05, 0.1) is 0 Å². The molecule has 2 rings (SSSR count). The molecular weight excluding hydrogens is 316 g/mol. The van der Waals surface area contributed by atoms with Crippen LogP contribution >= 0.6 is 0 Å². The van der Waals surface area contributed by atoms with Gasteiger partial charge in [-0.15, -0.1) is 0 Å². The smallest absolute Gasteiger partial charge is 0.410 e. The molecule has 1 saturated heterocycles. The molecule has 1 fully saturated rings. The van der Waals surface area contributed by atoms with Gasteiger partial charge in [-0.1, -0.05) is 6.07 Å². The Kier molecular flexibility index (Phi) is 5.99. The van der Waals surface area contributed by atoms with Gasteiger partial charge in [-0.2, -0.15) is 0 Å². The van der Waals surface area contributed by atoms with Crippen LogP contribution in [-0.2, 0) is 11.3 Å². The van der Waals surface area contributed by atoms with Gasteiger partial charge in [0, 0.05) is 38.3 Å². The zero-order valence-corrected chi connectivity index (χ0v) is 16.4. The first-order chi connectivity index (χ1) is 11.6. The lowest BCUT2D eigenvalue weighted by molar-refractivity contribution is 0.0149. The minimum absolute atomic E-state index is 0.208. The molecule has 1 aliphatic heterocycles. The van der Waals surface area contributed by atoms with E-state index in [2.05, 4.69) is 17.9 Å². The third-order valence-corrected chi connectivity index (χ3v) is 4.88. The summed E-state index contributed by atoms with van der Waals surface area (Å²) in [6, 6.07) is 4.12. The molecule has 1 aromatic rings. The van der Waals surface area contributed by atoms with Gasteiger partial charge in [0.15, 0.2) is 0 Å². The molecule has 1 aromatic carbocycles. The van der Waals surface area contributed by atoms with Crippen LogP contribution in [0.2, 0.25) is 0 Å². The molecule has 1 N–H and O–H groups in total. The van der Waals surface area contributed by atoms with Crippen molar-refractivity contribution in [1.29, 1.82) is 0 Å². The third-order valence-electron chi connectivity index (χ3n) is 4.88. The summed E-state index contributed by atoms with van der Waals surface area (Å²) >= 11 is 0. The third kappa shape index (κ3) is 5.36. The highest BCUT2D eigenvalue weighted by molar-refractivity contribution is 5.68. The number of hydrogen-bond acceptors (Lipinski definition) is 4. The number of aromatic hydroxyl groups is 1. The van der Waals surface area contributed by atoms with Crippen molar-refractivity contribution in [2.75, 3.05) is 20.1 Å². The van der Waals surface area contributed by atoms with E-state index < -0.39 is 5.60 Å². The Morgan fingerprint density at radius 3 is 2.36 bits per heavy atom. The standard InChI is InChI=1S/C20H32N2O3/c1-14-11-16(18(23)12-15(14)2)13-22-9-7-17(8-10-22)21(6)19(24)25-20(3,4)5/h11-12,17,23H,7-10,13H2,1-6H3. The van der Waals surface area contributed by atoms with Gasteiger partial charge in [-0.25, -0.2) is 4.79 Å². The maximum Gasteiger partial charge on any atom is 0.410 e. The second-order valence-electron chi connectivity index (χ2n) is 8.16. The average Bonchev–Trinajstić information content (AvgIpc) is 2.51. The molecule has 0 spiro atoms. The van der Waals surface area contributed by atoms with E-state index in [4.69, 9.17) is 4.74 Å². The van der Waals surface area contributed by atoms with Crippen molar-refractivity contribution in [1.82, 2.24) is 9.80 Å². The lowest BCUT2D eigenvalue weighted by Crippen LogP contribution is -2.46. The first kappa shape index (κ1) is 19.6. The zero-order chi connectivity index (χ0) is 18.8. The molecule has 25 heavy (non-hydrogen) atoms. The summed E-state index contributed by atoms with van der Waals surface area (Å²) in [5, 5.41) is 10.2. The lowest BCUT2D eigenvalue weighted by atomic mass is 10.0. The van der Waals surface area contributed by atoms with Crippen LogP contribution in [0.5, 0.6) is 5.75 Å². The molecule has 1 heterocycles. The van der Waals surface area contributed by atoms with Crippen molar-refractivity contribution in [3.63, 3.8) is 0 Å². The summed E-state index contributed by atoms with van der Waals surface area (Å²) in [6.07, 6.45) is 1.58. The number of amides is 1. The van der Waals surface area contributed by atoms with E-state index in [1.165, 1.54) is 5.56 Å². The maximum atomic E-state index is 12.2. The summed E-state index contributed by atoms with van der Waals surface area (Å²) in [7, 11) is 1.82. The fourth-order valence-corrected chi connectivity index (χ4v) is 3.18. The summed E-state index contributed by atoms with van der Waals surface area (Å²) in [5.74, 6) is 0.371. The Morgan fingerprint density at radius 2 is 1.80 bits per heavy atom. The Labute approximate surface area is 151 Å². The fraction of sp³-hybridized carbons (Fsp3) is 0.650. The van der Waals surface area contributed by atoms with E-state index in [9.17, 15) is 9.90 Å². The van der Waals surface area contributed by atoms with Crippen molar-refractivity contribution >= 4 is 6.09 Å². The van der Waals surface area contributed by atoms with Gasteiger partial charge < -0.3 is 14.7 Å². The van der Waals surface area contributed by atoms with E-state index >= 15 is 0 Å². The quantitative estimate of drug-likeness (QED) is 0.902. The van der Waals surface area contributed by atoms with Crippen LogP contribution in [0.25, 0.3) is 0 Å². The minimum atomic E-state index is -0.465. The molecule has 140 valence electrons. The van der Waals surface area contributed by atoms with Gasteiger partial charge in [0.1, 0.15) is 11.4 Å². The van der Waals surface area contributed by atoms with Gasteiger partial charge in [0.25, 0.3) is 0 Å². The topological polar surface area (TPSA) is 53.0 Å². The summed E-state index contributed by atoms with van der Waals surface area (Å²) in [4.78, 5) is 16.3. The molecule has 1 amide bonds. The van der Waals surface area contributed by atoms with Crippen LogP contribution in [0.15, 0.2) is 12.1 Å². The largest absolute Gasteiger partial charge is 0.508 e. The number of hydrogen-bond donors (Lipinski definition) is 1. The van der Waals surface area contributed by atoms with E-state index in [1.807, 2.05) is 40.8 Å². The van der Waals surface area contributed by atoms with Gasteiger partial charge in [-0.05, 0) is 64.7 Å². The molecular formula is C20H32N2O3. The second-order valence-corrected chi connectivity index (χ2v) is 8.16. The van der Waals surface area contributed by atoms with Crippen LogP contribution in [0.1, 0.15) is 50.3 Å². The van der Waals surface area contributed by atoms with Gasteiger partial charge in [-0.3, -0.25) is 4.90 Å². The van der Waals surface area contributed by atoms with Gasteiger partial charge in [0.2, 0.25) is 0 Å². The Bertz CT molecular complexity index is 614. The summed E-state index contributed by atoms with van der Waals surface area (Å²) in [5.41, 5.74) is 2.82. The molecule has 0 atom stereocenters. The predicted octanol–water partition coefficient (Wildman–Crippen LogP) is 3.84. The van der Waals surface area contributed by atoms with E-state index in [0.29, 0.717) is 5.75 Å². The van der Waals surface area contributed by atoms with Crippen LogP contribution in [-0.4, -0.2) is 52.8 Å². The number of ether oxygens (including phenoxy) is 1. The van der Waals surface area contributed by atoms with Crippen molar-refractivity contribution in [2.45, 2.75) is 65.6 Å². The number of aryl methyl sites for hydroxylation is 2. The van der Waals surface area contributed by atoms with E-state index in [0.717, 1.165) is 43.6 Å². The normalized spacial score (nSPS) is 16.7. The van der Waals surface area contributed by atoms with Crippen LogP contribution < -0.4 is 0 Å². The number of carbonyl (C=O) groups excluding carboxylic acids is 1. The van der Waals surface area contributed by atoms with E-state index in [1.54, 1.807) is 4.90 Å². The lowest BCUT2D eigenvalue weighted by Gasteiger charge is -2.37. The molecule has 0 radical (unpaired) electrons. The fourth-order valence-electron chi connectivity index (χ4n) is 3.18. The monoisotopic (exact) mass is 348 g/mol. The van der Waals surface area contributed by atoms with Crippen LogP contribution in [0.3, 0.4) is 0 Å². The number of rotatable bonds is 3. The predicted molar refractivity (Wildman–Crippen MR) is 99.9 cm³/mol. The average molecular weight is 348 g/mol. The molecule has 5 nitrogen and oxygen atoms in total. The molecule has 0 bridgehead atoms. The molecule has 1 aliphatic rings. The van der Waals surface area contributed by atoms with Crippen molar-refractivity contribution < 1.29 is 14.6 Å². The molecule has 0 saturated carbocycles. The molecule has 0 aromatic heterocycles. The Hall–Kier alpha value is -1.75. The number of carbonyl (C=O) groups is 1. The summed E-state index contributed by atoms with van der Waals surface area (Å²) in [6.45, 7) is 12.3. The van der Waals surface area contributed by atoms with E-state index in [-0.39, 0.29) is 12.1 Å². The molecule has 5 heteroatoms. The maximum absolute atomic E-state index is 12.2. The number of nitrogens with zero attached hydrogens (tertiary/aromatic N) is 2. The zero-order valence-electron chi connectivity index (χ0n) is 16.4. The number of likely N-dealkylation sites (tertiary alicyclic amines) is 1. The highest BCUT2D eigenvalue weighted by Gasteiger charge is 2.28. The highest BCUT2D eigenvalue weighted by atomic mass is 16.6. The molecule has 0 unspecified atom stereocenters. The Balaban J connectivity index is 1.89. The first-order valence-corrected chi connectivity index (χ1v) is 9.04. The van der Waals surface area contributed by atoms with Crippen molar-refractivity contribution in [3.05, 3.63) is 28.8 Å². The number of phenols is 1.